The SMILES string of the molecule is C=CCN(C(=O)N1c2ccccc2Sc2ccccc21)c1nnc(-c2ccc(Cl)cc2)s1. The van der Waals surface area contributed by atoms with Crippen molar-refractivity contribution in [2.24, 2.45) is 0 Å². The Morgan fingerprint density at radius 2 is 1.59 bits per heavy atom. The molecule has 0 fully saturated rings. The minimum atomic E-state index is -0.205. The summed E-state index contributed by atoms with van der Waals surface area (Å²) in [4.78, 5) is 19.3. The molecule has 158 valence electrons. The van der Waals surface area contributed by atoms with E-state index < -0.39 is 0 Å². The van der Waals surface area contributed by atoms with Gasteiger partial charge in [0, 0.05) is 26.9 Å². The summed E-state index contributed by atoms with van der Waals surface area (Å²) in [5.41, 5.74) is 2.59. The lowest BCUT2D eigenvalue weighted by atomic mass is 10.2. The van der Waals surface area contributed by atoms with Gasteiger partial charge in [-0.05, 0) is 36.4 Å². The number of nitrogens with zero attached hydrogens (tertiary/aromatic N) is 4. The van der Waals surface area contributed by atoms with E-state index in [0.29, 0.717) is 21.7 Å². The number of benzene rings is 3. The molecule has 5 nitrogen and oxygen atoms in total. The molecule has 1 aliphatic rings. The number of urea groups is 1. The molecule has 3 aromatic carbocycles. The van der Waals surface area contributed by atoms with Crippen molar-refractivity contribution in [3.05, 3.63) is 90.5 Å². The van der Waals surface area contributed by atoms with Crippen LogP contribution in [0.4, 0.5) is 21.3 Å². The van der Waals surface area contributed by atoms with Crippen LogP contribution in [-0.2, 0) is 0 Å². The topological polar surface area (TPSA) is 49.3 Å². The number of hydrogen-bond acceptors (Lipinski definition) is 5. The van der Waals surface area contributed by atoms with E-state index in [0.717, 1.165) is 26.7 Å². The number of carbonyl (C=O) groups excluding carboxylic acids is 1. The lowest BCUT2D eigenvalue weighted by Gasteiger charge is -2.33. The third kappa shape index (κ3) is 3.79. The van der Waals surface area contributed by atoms with E-state index in [9.17, 15) is 4.79 Å². The molecule has 0 atom stereocenters. The molecule has 2 heterocycles. The predicted octanol–water partition coefficient (Wildman–Crippen LogP) is 7.27. The molecule has 0 bridgehead atoms. The zero-order valence-electron chi connectivity index (χ0n) is 16.8. The van der Waals surface area contributed by atoms with Crippen molar-refractivity contribution >= 4 is 57.2 Å². The van der Waals surface area contributed by atoms with Gasteiger partial charge in [-0.3, -0.25) is 9.80 Å². The van der Waals surface area contributed by atoms with Gasteiger partial charge in [-0.2, -0.15) is 0 Å². The lowest BCUT2D eigenvalue weighted by Crippen LogP contribution is -2.42. The molecule has 4 aromatic rings. The minimum Gasteiger partial charge on any atom is -0.264 e. The zero-order valence-corrected chi connectivity index (χ0v) is 19.2. The quantitative estimate of drug-likeness (QED) is 0.290. The van der Waals surface area contributed by atoms with Gasteiger partial charge in [0.1, 0.15) is 5.01 Å². The van der Waals surface area contributed by atoms with E-state index in [1.54, 1.807) is 27.6 Å². The number of para-hydroxylation sites is 2. The van der Waals surface area contributed by atoms with Crippen molar-refractivity contribution in [1.82, 2.24) is 10.2 Å². The number of anilines is 3. The van der Waals surface area contributed by atoms with Crippen LogP contribution in [0.3, 0.4) is 0 Å². The molecule has 1 aliphatic heterocycles. The molecule has 0 unspecified atom stereocenters. The van der Waals surface area contributed by atoms with E-state index in [-0.39, 0.29) is 6.03 Å². The molecule has 8 heteroatoms. The number of hydrogen-bond donors (Lipinski definition) is 0. The van der Waals surface area contributed by atoms with Gasteiger partial charge < -0.3 is 0 Å². The van der Waals surface area contributed by atoms with E-state index >= 15 is 0 Å². The van der Waals surface area contributed by atoms with Crippen molar-refractivity contribution in [1.29, 1.82) is 0 Å². The smallest absolute Gasteiger partial charge is 0.264 e. The summed E-state index contributed by atoms with van der Waals surface area (Å²) in [6.07, 6.45) is 1.69. The van der Waals surface area contributed by atoms with Crippen LogP contribution in [-0.4, -0.2) is 22.8 Å². The summed E-state index contributed by atoms with van der Waals surface area (Å²) in [5.74, 6) is 0. The maximum atomic E-state index is 13.9. The first-order chi connectivity index (χ1) is 15.7. The van der Waals surface area contributed by atoms with Crippen molar-refractivity contribution in [3.8, 4) is 10.6 Å². The number of rotatable bonds is 4. The van der Waals surface area contributed by atoms with Gasteiger partial charge in [-0.25, -0.2) is 4.79 Å². The second-order valence-corrected chi connectivity index (χ2v) is 9.43. The average Bonchev–Trinajstić information content (AvgIpc) is 3.31. The van der Waals surface area contributed by atoms with Crippen LogP contribution in [0.25, 0.3) is 10.6 Å². The Kier molecular flexibility index (Phi) is 5.70. The van der Waals surface area contributed by atoms with Crippen LogP contribution in [0.1, 0.15) is 0 Å². The molecule has 0 N–H and O–H groups in total. The molecule has 0 radical (unpaired) electrons. The number of amides is 2. The molecule has 32 heavy (non-hydrogen) atoms. The summed E-state index contributed by atoms with van der Waals surface area (Å²) < 4.78 is 0. The molecule has 0 saturated heterocycles. The number of halogens is 1. The zero-order chi connectivity index (χ0) is 22.1. The monoisotopic (exact) mass is 476 g/mol. The fourth-order valence-corrected chi connectivity index (χ4v) is 5.47. The Balaban J connectivity index is 1.55. The predicted molar refractivity (Wildman–Crippen MR) is 132 cm³/mol. The highest BCUT2D eigenvalue weighted by Crippen LogP contribution is 2.48. The number of fused-ring (bicyclic) bond motifs is 2. The molecule has 2 amide bonds. The van der Waals surface area contributed by atoms with Crippen LogP contribution < -0.4 is 9.80 Å². The van der Waals surface area contributed by atoms with Gasteiger partial charge in [0.25, 0.3) is 0 Å². The lowest BCUT2D eigenvalue weighted by molar-refractivity contribution is 0.254. The Bertz CT molecular complexity index is 1260. The largest absolute Gasteiger partial charge is 0.335 e. The van der Waals surface area contributed by atoms with Crippen LogP contribution >= 0.6 is 34.7 Å². The van der Waals surface area contributed by atoms with Crippen molar-refractivity contribution in [2.45, 2.75) is 9.79 Å². The minimum absolute atomic E-state index is 0.205. The summed E-state index contributed by atoms with van der Waals surface area (Å²) in [6, 6.07) is 23.0. The normalized spacial score (nSPS) is 12.1. The van der Waals surface area contributed by atoms with Gasteiger partial charge in [0.05, 0.1) is 11.4 Å². The van der Waals surface area contributed by atoms with E-state index in [4.69, 9.17) is 11.6 Å². The fourth-order valence-electron chi connectivity index (χ4n) is 3.43. The fraction of sp³-hybridized carbons (Fsp3) is 0.0417. The highest BCUT2D eigenvalue weighted by atomic mass is 35.5. The first-order valence-corrected chi connectivity index (χ1v) is 11.8. The first-order valence-electron chi connectivity index (χ1n) is 9.83. The second kappa shape index (κ2) is 8.78. The van der Waals surface area contributed by atoms with E-state index in [1.165, 1.54) is 11.3 Å². The molecular weight excluding hydrogens is 460 g/mol. The molecule has 0 spiro atoms. The Morgan fingerprint density at radius 1 is 0.969 bits per heavy atom. The first kappa shape index (κ1) is 20.8. The highest BCUT2D eigenvalue weighted by Gasteiger charge is 2.32. The summed E-state index contributed by atoms with van der Waals surface area (Å²) >= 11 is 9.02. The highest BCUT2D eigenvalue weighted by molar-refractivity contribution is 7.99. The van der Waals surface area contributed by atoms with Gasteiger partial charge in [-0.15, -0.1) is 16.8 Å². The molecule has 0 aliphatic carbocycles. The van der Waals surface area contributed by atoms with Gasteiger partial charge in [0.2, 0.25) is 5.13 Å². The Labute approximate surface area is 199 Å². The summed E-state index contributed by atoms with van der Waals surface area (Å²) in [6.45, 7) is 4.15. The van der Waals surface area contributed by atoms with Crippen molar-refractivity contribution in [2.75, 3.05) is 16.3 Å². The van der Waals surface area contributed by atoms with Crippen LogP contribution in [0, 0.1) is 0 Å². The molecule has 5 rings (SSSR count). The van der Waals surface area contributed by atoms with Crippen LogP contribution in [0.2, 0.25) is 5.02 Å². The van der Waals surface area contributed by atoms with Gasteiger partial charge >= 0.3 is 6.03 Å². The standard InChI is InChI=1S/C24H17ClN4OS2/c1-2-15-28(23-27-26-22(32-23)16-11-13-17(25)14-12-16)24(30)29-18-7-3-5-9-20(18)31-21-10-6-4-8-19(21)29/h2-14H,1,15H2. The van der Waals surface area contributed by atoms with Crippen molar-refractivity contribution < 1.29 is 4.79 Å². The maximum absolute atomic E-state index is 13.9. The van der Waals surface area contributed by atoms with Crippen LogP contribution in [0.5, 0.6) is 0 Å². The Morgan fingerprint density at radius 3 is 2.22 bits per heavy atom. The average molecular weight is 477 g/mol. The Hall–Kier alpha value is -3.13. The third-order valence-corrected chi connectivity index (χ3v) is 7.28. The summed E-state index contributed by atoms with van der Waals surface area (Å²) in [5, 5.41) is 10.5. The van der Waals surface area contributed by atoms with Crippen LogP contribution in [0.15, 0.2) is 95.2 Å². The molecule has 0 saturated carbocycles. The van der Waals surface area contributed by atoms with Crippen molar-refractivity contribution in [3.63, 3.8) is 0 Å². The maximum Gasteiger partial charge on any atom is 0.335 e. The van der Waals surface area contributed by atoms with Gasteiger partial charge in [0.15, 0.2) is 0 Å². The molecule has 1 aromatic heterocycles. The van der Waals surface area contributed by atoms with E-state index in [1.807, 2.05) is 72.8 Å². The van der Waals surface area contributed by atoms with E-state index in [2.05, 4.69) is 16.8 Å². The van der Waals surface area contributed by atoms with Gasteiger partial charge in [-0.1, -0.05) is 77.2 Å². The third-order valence-electron chi connectivity index (χ3n) is 4.90. The number of aromatic nitrogens is 2. The summed E-state index contributed by atoms with van der Waals surface area (Å²) in [7, 11) is 0. The molecular formula is C24H17ClN4OS2. The number of carbonyl (C=O) groups is 1. The second-order valence-electron chi connectivity index (χ2n) is 6.95.